The van der Waals surface area contributed by atoms with E-state index in [1.807, 2.05) is 38.1 Å². The molecule has 1 N–H and O–H groups in total. The van der Waals surface area contributed by atoms with Crippen molar-refractivity contribution in [2.24, 2.45) is 0 Å². The van der Waals surface area contributed by atoms with Crippen LogP contribution >= 0.6 is 16.3 Å². The van der Waals surface area contributed by atoms with Gasteiger partial charge in [0.15, 0.2) is 6.54 Å². The van der Waals surface area contributed by atoms with Gasteiger partial charge in [0.05, 0.1) is 36.5 Å². The third kappa shape index (κ3) is 7.45. The summed E-state index contributed by atoms with van der Waals surface area (Å²) in [6.07, 6.45) is 0. The molecule has 0 aliphatic heterocycles. The van der Waals surface area contributed by atoms with Crippen LogP contribution in [0.15, 0.2) is 48.5 Å². The number of nitrogens with one attached hydrogen (secondary N) is 1. The number of halogens is 1. The molecule has 0 aliphatic rings. The Hall–Kier alpha value is -1.69. The van der Waals surface area contributed by atoms with Gasteiger partial charge in [0.1, 0.15) is 6.54 Å². The van der Waals surface area contributed by atoms with Crippen LogP contribution in [-0.4, -0.2) is 37.1 Å². The number of rotatable bonds is 7. The van der Waals surface area contributed by atoms with Crippen LogP contribution < -0.4 is 5.32 Å². The summed E-state index contributed by atoms with van der Waals surface area (Å²) in [6, 6.07) is 16.5. The van der Waals surface area contributed by atoms with E-state index in [1.54, 1.807) is 7.11 Å². The second-order valence-electron chi connectivity index (χ2n) is 6.75. The highest BCUT2D eigenvalue weighted by Crippen LogP contribution is 2.20. The van der Waals surface area contributed by atoms with Gasteiger partial charge >= 0.3 is 0 Å². The molecule has 0 unspecified atom stereocenters. The van der Waals surface area contributed by atoms with Crippen LogP contribution in [0.2, 0.25) is 0 Å². The van der Waals surface area contributed by atoms with Crippen LogP contribution in [0.5, 0.6) is 0 Å². The number of para-hydroxylation sites is 1. The number of anilines is 1. The summed E-state index contributed by atoms with van der Waals surface area (Å²) in [4.78, 5) is 12.7. The highest BCUT2D eigenvalue weighted by atomic mass is 79.9. The third-order valence-corrected chi connectivity index (χ3v) is 4.93. The number of hydrogen-bond acceptors (Lipinski definition) is 2. The van der Waals surface area contributed by atoms with Gasteiger partial charge in [-0.15, -0.1) is 0 Å². The number of hydrogen-bond donors (Lipinski definition) is 1. The summed E-state index contributed by atoms with van der Waals surface area (Å²) in [6.45, 7) is 11.7. The van der Waals surface area contributed by atoms with Gasteiger partial charge in [0.2, 0.25) is 0 Å². The van der Waals surface area contributed by atoms with Crippen LogP contribution in [-0.2, 0) is 15.2 Å². The molecule has 0 bridgehead atoms. The van der Waals surface area contributed by atoms with Gasteiger partial charge in [0.25, 0.3) is 5.91 Å². The Bertz CT molecular complexity index is 680. The molecule has 2 rings (SSSR count). The molecule has 0 fully saturated rings. The summed E-state index contributed by atoms with van der Waals surface area (Å²) in [5.74, 6) is 0.0898. The molecule has 0 saturated heterocycles. The minimum atomic E-state index is 0.0898. The van der Waals surface area contributed by atoms with Crippen molar-refractivity contribution in [1.29, 1.82) is 0 Å². The summed E-state index contributed by atoms with van der Waals surface area (Å²) >= 11 is 2.65. The van der Waals surface area contributed by atoms with Gasteiger partial charge in [-0.3, -0.25) is 4.79 Å². The zero-order valence-electron chi connectivity index (χ0n) is 17.1. The van der Waals surface area contributed by atoms with Crippen LogP contribution in [0.1, 0.15) is 30.5 Å². The molecule has 0 aliphatic carbocycles. The average molecular weight is 436 g/mol. The maximum absolute atomic E-state index is 12.7. The molecular weight excluding hydrogens is 404 g/mol. The first kappa shape index (κ1) is 23.3. The topological polar surface area (TPSA) is 38.3 Å². The van der Waals surface area contributed by atoms with E-state index in [0.29, 0.717) is 6.54 Å². The van der Waals surface area contributed by atoms with Crippen LogP contribution in [0.3, 0.4) is 0 Å². The van der Waals surface area contributed by atoms with Crippen molar-refractivity contribution in [3.63, 3.8) is 0 Å². The number of likely N-dealkylation sites (N-methyl/N-ethyl adjacent to an activating group) is 1. The maximum atomic E-state index is 12.7. The molecule has 27 heavy (non-hydrogen) atoms. The molecular formula is C22H32BrN2O2+. The Balaban J connectivity index is 0.00000114. The Morgan fingerprint density at radius 1 is 1.00 bits per heavy atom. The van der Waals surface area contributed by atoms with E-state index < -0.39 is 0 Å². The third-order valence-electron chi connectivity index (χ3n) is 4.93. The number of quaternary nitrogens is 1. The van der Waals surface area contributed by atoms with Crippen molar-refractivity contribution >= 4 is 27.9 Å². The maximum Gasteiger partial charge on any atom is 0.279 e. The first-order valence-corrected chi connectivity index (χ1v) is 9.96. The molecule has 0 saturated carbocycles. The Labute approximate surface area is 172 Å². The molecule has 5 heteroatoms. The fourth-order valence-electron chi connectivity index (χ4n) is 3.19. The van der Waals surface area contributed by atoms with Gasteiger partial charge in [-0.05, 0) is 38.8 Å². The number of nitrogens with zero attached hydrogens (tertiary/aromatic N) is 1. The number of carbonyl (C=O) groups excluding carboxylic acids is 1. The van der Waals surface area contributed by atoms with Crippen molar-refractivity contribution < 1.29 is 13.1 Å². The molecule has 4 nitrogen and oxygen atoms in total. The van der Waals surface area contributed by atoms with Gasteiger partial charge in [-0.25, -0.2) is 0 Å². The van der Waals surface area contributed by atoms with Crippen LogP contribution in [0.4, 0.5) is 5.69 Å². The van der Waals surface area contributed by atoms with Gasteiger partial charge in [0, 0.05) is 11.3 Å². The second kappa shape index (κ2) is 11.9. The number of benzene rings is 2. The van der Waals surface area contributed by atoms with Crippen molar-refractivity contribution in [1.82, 2.24) is 0 Å². The molecule has 0 spiro atoms. The van der Waals surface area contributed by atoms with E-state index in [-0.39, 0.29) is 5.91 Å². The SMILES string of the molecule is CC[N+](CC)(CC(=O)Nc1c(C)cccc1C)Cc1ccccc1.COBr. The Kier molecular flexibility index (Phi) is 10.3. The summed E-state index contributed by atoms with van der Waals surface area (Å²) in [7, 11) is 1.54. The number of aryl methyl sites for hydroxylation is 2. The summed E-state index contributed by atoms with van der Waals surface area (Å²) in [5.41, 5.74) is 4.45. The smallest absolute Gasteiger partial charge is 0.279 e. The van der Waals surface area contributed by atoms with Crippen LogP contribution in [0.25, 0.3) is 0 Å². The quantitative estimate of drug-likeness (QED) is 0.603. The lowest BCUT2D eigenvalue weighted by Crippen LogP contribution is -2.51. The van der Waals surface area contributed by atoms with Crippen molar-refractivity contribution in [3.8, 4) is 0 Å². The molecule has 0 heterocycles. The molecule has 1 amide bonds. The first-order chi connectivity index (χ1) is 12.9. The molecule has 0 aromatic heterocycles. The predicted octanol–water partition coefficient (Wildman–Crippen LogP) is 5.24. The largest absolute Gasteiger partial charge is 0.321 e. The zero-order valence-corrected chi connectivity index (χ0v) is 18.7. The zero-order chi connectivity index (χ0) is 20.3. The lowest BCUT2D eigenvalue weighted by Gasteiger charge is -2.36. The molecule has 148 valence electrons. The highest BCUT2D eigenvalue weighted by molar-refractivity contribution is 9.06. The number of amides is 1. The van der Waals surface area contributed by atoms with E-state index in [1.165, 1.54) is 5.56 Å². The monoisotopic (exact) mass is 435 g/mol. The van der Waals surface area contributed by atoms with Crippen molar-refractivity contribution in [2.45, 2.75) is 34.2 Å². The number of carbonyl (C=O) groups is 1. The van der Waals surface area contributed by atoms with Gasteiger partial charge in [-0.1, -0.05) is 48.5 Å². The molecule has 0 radical (unpaired) electrons. The minimum Gasteiger partial charge on any atom is -0.321 e. The van der Waals surface area contributed by atoms with Crippen LogP contribution in [0, 0.1) is 13.8 Å². The minimum absolute atomic E-state index is 0.0898. The van der Waals surface area contributed by atoms with Gasteiger partial charge in [-0.2, -0.15) is 0 Å². The van der Waals surface area contributed by atoms with Crippen molar-refractivity contribution in [3.05, 3.63) is 65.2 Å². The lowest BCUT2D eigenvalue weighted by atomic mass is 10.1. The fraction of sp³-hybridized carbons (Fsp3) is 0.409. The van der Waals surface area contributed by atoms with Crippen molar-refractivity contribution in [2.75, 3.05) is 32.1 Å². The van der Waals surface area contributed by atoms with E-state index in [4.69, 9.17) is 0 Å². The highest BCUT2D eigenvalue weighted by Gasteiger charge is 2.27. The van der Waals surface area contributed by atoms with E-state index in [9.17, 15) is 4.79 Å². The Morgan fingerprint density at radius 2 is 1.52 bits per heavy atom. The van der Waals surface area contributed by atoms with E-state index >= 15 is 0 Å². The van der Waals surface area contributed by atoms with E-state index in [2.05, 4.69) is 63.5 Å². The lowest BCUT2D eigenvalue weighted by molar-refractivity contribution is -0.930. The average Bonchev–Trinajstić information content (AvgIpc) is 2.66. The molecule has 2 aromatic rings. The Morgan fingerprint density at radius 3 is 2.00 bits per heavy atom. The van der Waals surface area contributed by atoms with E-state index in [0.717, 1.165) is 40.9 Å². The summed E-state index contributed by atoms with van der Waals surface area (Å²) < 4.78 is 4.83. The molecule has 0 atom stereocenters. The normalized spacial score (nSPS) is 10.7. The fourth-order valence-corrected chi connectivity index (χ4v) is 3.19. The van der Waals surface area contributed by atoms with Gasteiger partial charge < -0.3 is 13.6 Å². The summed E-state index contributed by atoms with van der Waals surface area (Å²) in [5, 5.41) is 3.13. The predicted molar refractivity (Wildman–Crippen MR) is 117 cm³/mol. The second-order valence-corrected chi connectivity index (χ2v) is 7.39. The standard InChI is InChI=1S/C21H28N2O.CH3BrO/c1-5-23(6-2,15-19-13-8-7-9-14-19)16-20(24)22-21-17(3)11-10-12-18(21)4;1-3-2/h7-14H,5-6,15-16H2,1-4H3;1H3/p+1. The molecule has 2 aromatic carbocycles. The first-order valence-electron chi connectivity index (χ1n) is 9.31.